The van der Waals surface area contributed by atoms with Crippen LogP contribution < -0.4 is 14.8 Å². The number of fused-ring (bicyclic) bond motifs is 1. The van der Waals surface area contributed by atoms with E-state index in [-0.39, 0.29) is 11.5 Å². The van der Waals surface area contributed by atoms with Crippen LogP contribution in [-0.2, 0) is 16.7 Å². The van der Waals surface area contributed by atoms with E-state index < -0.39 is 0 Å². The average Bonchev–Trinajstić information content (AvgIpc) is 3.16. The maximum atomic E-state index is 5.56. The lowest BCUT2D eigenvalue weighted by atomic mass is 9.96. The second-order valence-corrected chi connectivity index (χ2v) is 8.82. The second kappa shape index (κ2) is 8.81. The van der Waals surface area contributed by atoms with Crippen LogP contribution in [0, 0.1) is 0 Å². The molecule has 1 aliphatic heterocycles. The molecule has 2 aliphatic rings. The third-order valence-corrected chi connectivity index (χ3v) is 6.79. The molecule has 1 aliphatic carbocycles. The third kappa shape index (κ3) is 4.39. The molecule has 2 heterocycles. The third-order valence-electron chi connectivity index (χ3n) is 5.74. The topological polar surface area (TPSA) is 68.2 Å². The van der Waals surface area contributed by atoms with Gasteiger partial charge in [0.15, 0.2) is 17.5 Å². The van der Waals surface area contributed by atoms with E-state index in [2.05, 4.69) is 41.7 Å². The number of nitrogens with zero attached hydrogens (tertiary/aromatic N) is 3. The van der Waals surface area contributed by atoms with Gasteiger partial charge in [0.1, 0.15) is 11.1 Å². The first-order valence-electron chi connectivity index (χ1n) is 10.4. The van der Waals surface area contributed by atoms with E-state index in [4.69, 9.17) is 24.2 Å². The minimum absolute atomic E-state index is 0.0207. The van der Waals surface area contributed by atoms with Crippen molar-refractivity contribution in [1.82, 2.24) is 15.2 Å². The number of nitrogens with one attached hydrogen (secondary N) is 1. The Morgan fingerprint density at radius 3 is 2.90 bits per heavy atom. The maximum absolute atomic E-state index is 5.56. The standard InChI is InChI=1S/C22H30N4O3S/c1-5-23-21(26(3)11-17-12-30-20(25-17)15(2)27-4)24-13-22(8-9-22)16-6-7-18-19(10-16)29-14-28-18/h6-7,10,12,15H,5,8-9,11,13-14H2,1-4H3,(H,23,24). The molecule has 7 nitrogen and oxygen atoms in total. The molecule has 2 aromatic rings. The number of ether oxygens (including phenoxy) is 3. The van der Waals surface area contributed by atoms with E-state index in [1.54, 1.807) is 18.4 Å². The summed E-state index contributed by atoms with van der Waals surface area (Å²) in [6, 6.07) is 6.29. The zero-order valence-electron chi connectivity index (χ0n) is 18.1. The van der Waals surface area contributed by atoms with Gasteiger partial charge in [-0.05, 0) is 44.4 Å². The SMILES string of the molecule is CCNC(=NCC1(c2ccc3c(c2)OCO3)CC1)N(C)Cc1csc(C(C)OC)n1. The van der Waals surface area contributed by atoms with Gasteiger partial charge < -0.3 is 24.4 Å². The number of rotatable bonds is 8. The number of thiazole rings is 1. The Kier molecular flexibility index (Phi) is 6.15. The quantitative estimate of drug-likeness (QED) is 0.509. The fourth-order valence-corrected chi connectivity index (χ4v) is 4.45. The monoisotopic (exact) mass is 430 g/mol. The molecule has 0 spiro atoms. The molecule has 1 unspecified atom stereocenters. The lowest BCUT2D eigenvalue weighted by Crippen LogP contribution is -2.39. The van der Waals surface area contributed by atoms with Crippen molar-refractivity contribution in [3.05, 3.63) is 39.8 Å². The van der Waals surface area contributed by atoms with Gasteiger partial charge in [-0.3, -0.25) is 4.99 Å². The largest absolute Gasteiger partial charge is 0.454 e. The zero-order valence-corrected chi connectivity index (χ0v) is 18.9. The summed E-state index contributed by atoms with van der Waals surface area (Å²) in [6.07, 6.45) is 2.31. The first-order chi connectivity index (χ1) is 14.5. The molecule has 1 fully saturated rings. The van der Waals surface area contributed by atoms with Gasteiger partial charge in [-0.15, -0.1) is 11.3 Å². The maximum Gasteiger partial charge on any atom is 0.231 e. The van der Waals surface area contributed by atoms with Crippen molar-refractivity contribution < 1.29 is 14.2 Å². The van der Waals surface area contributed by atoms with Crippen LogP contribution in [0.15, 0.2) is 28.6 Å². The molecule has 8 heteroatoms. The number of hydrogen-bond donors (Lipinski definition) is 1. The minimum atomic E-state index is 0.0207. The Morgan fingerprint density at radius 2 is 2.17 bits per heavy atom. The molecule has 1 N–H and O–H groups in total. The number of aliphatic imine (C=N–C) groups is 1. The summed E-state index contributed by atoms with van der Waals surface area (Å²) in [6.45, 7) is 6.69. The molecule has 162 valence electrons. The van der Waals surface area contributed by atoms with E-state index >= 15 is 0 Å². The molecule has 4 rings (SSSR count). The predicted octanol–water partition coefficient (Wildman–Crippen LogP) is 3.71. The van der Waals surface area contributed by atoms with Crippen LogP contribution >= 0.6 is 11.3 Å². The number of guanidine groups is 1. The summed E-state index contributed by atoms with van der Waals surface area (Å²) in [5, 5.41) is 6.52. The lowest BCUT2D eigenvalue weighted by Gasteiger charge is -2.22. The molecule has 1 aromatic carbocycles. The van der Waals surface area contributed by atoms with Gasteiger partial charge >= 0.3 is 0 Å². The van der Waals surface area contributed by atoms with E-state index in [0.717, 1.165) is 54.1 Å². The van der Waals surface area contributed by atoms with Crippen LogP contribution in [0.25, 0.3) is 0 Å². The predicted molar refractivity (Wildman–Crippen MR) is 118 cm³/mol. The highest BCUT2D eigenvalue weighted by Crippen LogP contribution is 2.50. The Morgan fingerprint density at radius 1 is 1.37 bits per heavy atom. The first kappa shape index (κ1) is 20.9. The Hall–Kier alpha value is -2.32. The van der Waals surface area contributed by atoms with Gasteiger partial charge in [-0.25, -0.2) is 4.98 Å². The van der Waals surface area contributed by atoms with Crippen molar-refractivity contribution in [2.24, 2.45) is 4.99 Å². The van der Waals surface area contributed by atoms with Crippen LogP contribution in [0.3, 0.4) is 0 Å². The summed E-state index contributed by atoms with van der Waals surface area (Å²) in [5.41, 5.74) is 2.42. The van der Waals surface area contributed by atoms with E-state index in [9.17, 15) is 0 Å². The Bertz CT molecular complexity index is 910. The normalized spacial score (nSPS) is 17.7. The minimum Gasteiger partial charge on any atom is -0.454 e. The molecule has 0 radical (unpaired) electrons. The molecule has 1 saturated carbocycles. The summed E-state index contributed by atoms with van der Waals surface area (Å²) in [5.74, 6) is 2.58. The smallest absolute Gasteiger partial charge is 0.231 e. The highest BCUT2D eigenvalue weighted by Gasteiger charge is 2.45. The average molecular weight is 431 g/mol. The van der Waals surface area contributed by atoms with Crippen LogP contribution in [0.1, 0.15) is 49.1 Å². The number of aromatic nitrogens is 1. The number of hydrogen-bond acceptors (Lipinski definition) is 6. The van der Waals surface area contributed by atoms with Crippen molar-refractivity contribution in [2.45, 2.75) is 44.8 Å². The lowest BCUT2D eigenvalue weighted by molar-refractivity contribution is 0.119. The van der Waals surface area contributed by atoms with Crippen LogP contribution in [0.4, 0.5) is 0 Å². The summed E-state index contributed by atoms with van der Waals surface area (Å²) >= 11 is 1.64. The fraction of sp³-hybridized carbons (Fsp3) is 0.545. The van der Waals surface area contributed by atoms with E-state index in [0.29, 0.717) is 13.3 Å². The Labute approximate surface area is 182 Å². The van der Waals surface area contributed by atoms with Gasteiger partial charge in [-0.2, -0.15) is 0 Å². The number of benzene rings is 1. The molecule has 1 aromatic heterocycles. The van der Waals surface area contributed by atoms with Crippen molar-refractivity contribution in [1.29, 1.82) is 0 Å². The van der Waals surface area contributed by atoms with Gasteiger partial charge in [0.2, 0.25) is 6.79 Å². The summed E-state index contributed by atoms with van der Waals surface area (Å²) in [4.78, 5) is 11.8. The van der Waals surface area contributed by atoms with Gasteiger partial charge in [0.25, 0.3) is 0 Å². The molecular weight excluding hydrogens is 400 g/mol. The van der Waals surface area contributed by atoms with Crippen molar-refractivity contribution in [3.8, 4) is 11.5 Å². The van der Waals surface area contributed by atoms with E-state index in [1.165, 1.54) is 5.56 Å². The zero-order chi connectivity index (χ0) is 21.1. The van der Waals surface area contributed by atoms with Gasteiger partial charge in [0, 0.05) is 31.5 Å². The molecule has 1 atom stereocenters. The highest BCUT2D eigenvalue weighted by atomic mass is 32.1. The van der Waals surface area contributed by atoms with Gasteiger partial charge in [0.05, 0.1) is 18.8 Å². The molecule has 0 amide bonds. The molecule has 0 saturated heterocycles. The van der Waals surface area contributed by atoms with Crippen molar-refractivity contribution >= 4 is 17.3 Å². The highest BCUT2D eigenvalue weighted by molar-refractivity contribution is 7.09. The second-order valence-electron chi connectivity index (χ2n) is 7.93. The molecule has 0 bridgehead atoms. The first-order valence-corrected chi connectivity index (χ1v) is 11.3. The number of methoxy groups -OCH3 is 1. The molecular formula is C22H30N4O3S. The fourth-order valence-electron chi connectivity index (χ4n) is 3.61. The van der Waals surface area contributed by atoms with Gasteiger partial charge in [-0.1, -0.05) is 6.07 Å². The Balaban J connectivity index is 1.45. The van der Waals surface area contributed by atoms with Crippen LogP contribution in [0.5, 0.6) is 11.5 Å². The van der Waals surface area contributed by atoms with Crippen LogP contribution in [-0.4, -0.2) is 49.9 Å². The summed E-state index contributed by atoms with van der Waals surface area (Å²) in [7, 11) is 3.77. The molecule has 30 heavy (non-hydrogen) atoms. The van der Waals surface area contributed by atoms with E-state index in [1.807, 2.05) is 13.0 Å². The van der Waals surface area contributed by atoms with Crippen molar-refractivity contribution in [2.75, 3.05) is 34.0 Å². The van der Waals surface area contributed by atoms with Crippen molar-refractivity contribution in [3.63, 3.8) is 0 Å². The summed E-state index contributed by atoms with van der Waals surface area (Å²) < 4.78 is 16.4. The van der Waals surface area contributed by atoms with Crippen LogP contribution in [0.2, 0.25) is 0 Å².